The SMILES string of the molecule is CCC(C)(CCCl)NCc1cccc(C)c1. The largest absolute Gasteiger partial charge is 0.307 e. The van der Waals surface area contributed by atoms with Crippen molar-refractivity contribution in [3.8, 4) is 0 Å². The molecule has 90 valence electrons. The smallest absolute Gasteiger partial charge is 0.0240 e. The van der Waals surface area contributed by atoms with Crippen LogP contribution in [0.1, 0.15) is 37.8 Å². The van der Waals surface area contributed by atoms with Crippen molar-refractivity contribution < 1.29 is 0 Å². The topological polar surface area (TPSA) is 12.0 Å². The lowest BCUT2D eigenvalue weighted by Gasteiger charge is -2.29. The molecule has 0 fully saturated rings. The zero-order valence-corrected chi connectivity index (χ0v) is 11.3. The Balaban J connectivity index is 2.55. The Morgan fingerprint density at radius 3 is 2.69 bits per heavy atom. The lowest BCUT2D eigenvalue weighted by Crippen LogP contribution is -2.41. The van der Waals surface area contributed by atoms with E-state index in [2.05, 4.69) is 50.4 Å². The first-order chi connectivity index (χ1) is 7.59. The zero-order valence-electron chi connectivity index (χ0n) is 10.5. The van der Waals surface area contributed by atoms with Crippen LogP contribution in [-0.4, -0.2) is 11.4 Å². The highest BCUT2D eigenvalue weighted by Crippen LogP contribution is 2.16. The second-order valence-electron chi connectivity index (χ2n) is 4.70. The van der Waals surface area contributed by atoms with E-state index in [9.17, 15) is 0 Å². The molecule has 0 aliphatic carbocycles. The molecule has 0 amide bonds. The van der Waals surface area contributed by atoms with E-state index in [0.29, 0.717) is 5.88 Å². The molecule has 1 nitrogen and oxygen atoms in total. The van der Waals surface area contributed by atoms with Gasteiger partial charge in [0.1, 0.15) is 0 Å². The van der Waals surface area contributed by atoms with Crippen LogP contribution in [0.25, 0.3) is 0 Å². The third-order valence-corrected chi connectivity index (χ3v) is 3.42. The predicted molar refractivity (Wildman–Crippen MR) is 72.1 cm³/mol. The lowest BCUT2D eigenvalue weighted by molar-refractivity contribution is 0.331. The number of aryl methyl sites for hydroxylation is 1. The van der Waals surface area contributed by atoms with Crippen molar-refractivity contribution in [1.29, 1.82) is 0 Å². The van der Waals surface area contributed by atoms with Crippen LogP contribution in [-0.2, 0) is 6.54 Å². The fourth-order valence-electron chi connectivity index (χ4n) is 1.74. The minimum atomic E-state index is 0.158. The van der Waals surface area contributed by atoms with E-state index in [1.54, 1.807) is 0 Å². The third-order valence-electron chi connectivity index (χ3n) is 3.23. The van der Waals surface area contributed by atoms with E-state index in [1.165, 1.54) is 11.1 Å². The summed E-state index contributed by atoms with van der Waals surface area (Å²) in [5, 5.41) is 3.61. The summed E-state index contributed by atoms with van der Waals surface area (Å²) in [4.78, 5) is 0. The van der Waals surface area contributed by atoms with Crippen molar-refractivity contribution in [2.75, 3.05) is 5.88 Å². The zero-order chi connectivity index (χ0) is 12.0. The van der Waals surface area contributed by atoms with Gasteiger partial charge in [-0.15, -0.1) is 11.6 Å². The van der Waals surface area contributed by atoms with Crippen LogP contribution in [0.2, 0.25) is 0 Å². The molecule has 0 saturated heterocycles. The highest BCUT2D eigenvalue weighted by atomic mass is 35.5. The quantitative estimate of drug-likeness (QED) is 0.743. The van der Waals surface area contributed by atoms with E-state index in [0.717, 1.165) is 19.4 Å². The number of rotatable bonds is 6. The molecule has 0 bridgehead atoms. The Labute approximate surface area is 104 Å². The molecule has 0 radical (unpaired) electrons. The number of hydrogen-bond donors (Lipinski definition) is 1. The number of benzene rings is 1. The molecule has 0 aromatic heterocycles. The maximum absolute atomic E-state index is 5.83. The summed E-state index contributed by atoms with van der Waals surface area (Å²) in [6.07, 6.45) is 2.11. The Morgan fingerprint density at radius 2 is 2.12 bits per heavy atom. The fraction of sp³-hybridized carbons (Fsp3) is 0.571. The van der Waals surface area contributed by atoms with Gasteiger partial charge in [0.2, 0.25) is 0 Å². The van der Waals surface area contributed by atoms with Crippen LogP contribution in [0.15, 0.2) is 24.3 Å². The maximum atomic E-state index is 5.83. The number of nitrogens with one attached hydrogen (secondary N) is 1. The van der Waals surface area contributed by atoms with Gasteiger partial charge in [0.05, 0.1) is 0 Å². The lowest BCUT2D eigenvalue weighted by atomic mass is 9.95. The van der Waals surface area contributed by atoms with E-state index < -0.39 is 0 Å². The van der Waals surface area contributed by atoms with Crippen LogP contribution < -0.4 is 5.32 Å². The molecule has 1 N–H and O–H groups in total. The second-order valence-corrected chi connectivity index (χ2v) is 5.07. The van der Waals surface area contributed by atoms with Crippen LogP contribution in [0.5, 0.6) is 0 Å². The van der Waals surface area contributed by atoms with E-state index in [-0.39, 0.29) is 5.54 Å². The third kappa shape index (κ3) is 4.15. The monoisotopic (exact) mass is 239 g/mol. The Bertz CT molecular complexity index is 324. The molecule has 1 unspecified atom stereocenters. The standard InChI is InChI=1S/C14H22ClN/c1-4-14(3,8-9-15)16-11-13-7-5-6-12(2)10-13/h5-7,10,16H,4,8-9,11H2,1-3H3. The molecule has 1 rings (SSSR count). The van der Waals surface area contributed by atoms with Crippen LogP contribution in [0.3, 0.4) is 0 Å². The molecule has 0 saturated carbocycles. The molecule has 1 aromatic carbocycles. The van der Waals surface area contributed by atoms with Crippen molar-refractivity contribution in [1.82, 2.24) is 5.32 Å². The number of halogens is 1. The number of alkyl halides is 1. The summed E-state index contributed by atoms with van der Waals surface area (Å²) in [6, 6.07) is 8.62. The van der Waals surface area contributed by atoms with Gasteiger partial charge in [0.25, 0.3) is 0 Å². The van der Waals surface area contributed by atoms with Gasteiger partial charge in [-0.2, -0.15) is 0 Å². The summed E-state index contributed by atoms with van der Waals surface area (Å²) in [6.45, 7) is 7.49. The van der Waals surface area contributed by atoms with Gasteiger partial charge < -0.3 is 5.32 Å². The van der Waals surface area contributed by atoms with Gasteiger partial charge in [-0.25, -0.2) is 0 Å². The van der Waals surface area contributed by atoms with Gasteiger partial charge in [0.15, 0.2) is 0 Å². The first-order valence-corrected chi connectivity index (χ1v) is 6.49. The van der Waals surface area contributed by atoms with E-state index >= 15 is 0 Å². The van der Waals surface area contributed by atoms with Crippen LogP contribution in [0.4, 0.5) is 0 Å². The average molecular weight is 240 g/mol. The van der Waals surface area contributed by atoms with E-state index in [4.69, 9.17) is 11.6 Å². The summed E-state index contributed by atoms with van der Waals surface area (Å²) < 4.78 is 0. The highest BCUT2D eigenvalue weighted by molar-refractivity contribution is 6.17. The average Bonchev–Trinajstić information content (AvgIpc) is 2.27. The van der Waals surface area contributed by atoms with Crippen molar-refractivity contribution in [2.24, 2.45) is 0 Å². The van der Waals surface area contributed by atoms with Crippen LogP contribution in [0, 0.1) is 6.92 Å². The van der Waals surface area contributed by atoms with Gasteiger partial charge in [-0.1, -0.05) is 36.8 Å². The second kappa shape index (κ2) is 6.27. The summed E-state index contributed by atoms with van der Waals surface area (Å²) >= 11 is 5.83. The van der Waals surface area contributed by atoms with Crippen molar-refractivity contribution in [3.63, 3.8) is 0 Å². The molecule has 0 heterocycles. The molecule has 2 heteroatoms. The van der Waals surface area contributed by atoms with Crippen molar-refractivity contribution >= 4 is 11.6 Å². The maximum Gasteiger partial charge on any atom is 0.0240 e. The van der Waals surface area contributed by atoms with Gasteiger partial charge >= 0.3 is 0 Å². The Hall–Kier alpha value is -0.530. The van der Waals surface area contributed by atoms with Gasteiger partial charge in [-0.3, -0.25) is 0 Å². The normalized spacial score (nSPS) is 14.8. The predicted octanol–water partition coefficient (Wildman–Crippen LogP) is 3.88. The summed E-state index contributed by atoms with van der Waals surface area (Å²) in [5.74, 6) is 0.713. The molecule has 0 aliphatic heterocycles. The minimum absolute atomic E-state index is 0.158. The first-order valence-electron chi connectivity index (χ1n) is 5.96. The van der Waals surface area contributed by atoms with Crippen LogP contribution >= 0.6 is 11.6 Å². The Morgan fingerprint density at radius 1 is 1.38 bits per heavy atom. The number of hydrogen-bond acceptors (Lipinski definition) is 1. The van der Waals surface area contributed by atoms with Crippen molar-refractivity contribution in [2.45, 2.75) is 45.7 Å². The molecule has 1 aromatic rings. The first kappa shape index (κ1) is 13.5. The minimum Gasteiger partial charge on any atom is -0.307 e. The highest BCUT2D eigenvalue weighted by Gasteiger charge is 2.19. The van der Waals surface area contributed by atoms with Gasteiger partial charge in [-0.05, 0) is 32.3 Å². The molecule has 1 atom stereocenters. The molecular weight excluding hydrogens is 218 g/mol. The van der Waals surface area contributed by atoms with E-state index in [1.807, 2.05) is 0 Å². The molecular formula is C14H22ClN. The summed E-state index contributed by atoms with van der Waals surface area (Å²) in [5.41, 5.74) is 2.81. The Kier molecular flexibility index (Phi) is 5.30. The molecule has 16 heavy (non-hydrogen) atoms. The van der Waals surface area contributed by atoms with Gasteiger partial charge in [0, 0.05) is 18.0 Å². The molecule has 0 spiro atoms. The summed E-state index contributed by atoms with van der Waals surface area (Å²) in [7, 11) is 0. The van der Waals surface area contributed by atoms with Crippen molar-refractivity contribution in [3.05, 3.63) is 35.4 Å². The fourth-order valence-corrected chi connectivity index (χ4v) is 2.15. The molecule has 0 aliphatic rings.